The number of nitro groups is 1. The molecule has 1 aliphatic heterocycles. The van der Waals surface area contributed by atoms with Gasteiger partial charge in [-0.3, -0.25) is 10.1 Å². The molecule has 0 amide bonds. The molecule has 3 atom stereocenters. The molecule has 1 aliphatic carbocycles. The van der Waals surface area contributed by atoms with E-state index in [2.05, 4.69) is 23.5 Å². The number of halogens is 1. The van der Waals surface area contributed by atoms with Gasteiger partial charge in [0.25, 0.3) is 5.69 Å². The Kier molecular flexibility index (Phi) is 3.88. The van der Waals surface area contributed by atoms with Crippen LogP contribution >= 0.6 is 11.6 Å². The number of hydrogen-bond acceptors (Lipinski definition) is 4. The molecule has 0 bridgehead atoms. The van der Waals surface area contributed by atoms with Crippen molar-refractivity contribution in [3.63, 3.8) is 0 Å². The first-order valence-electron chi connectivity index (χ1n) is 8.14. The Hall–Kier alpha value is -2.53. The maximum absolute atomic E-state index is 11.2. The van der Waals surface area contributed by atoms with Crippen LogP contribution in [0.1, 0.15) is 29.5 Å². The smallest absolute Gasteiger partial charge is 0.269 e. The fourth-order valence-electron chi connectivity index (χ4n) is 3.95. The summed E-state index contributed by atoms with van der Waals surface area (Å²) < 4.78 is 5.51. The van der Waals surface area contributed by atoms with E-state index in [0.717, 1.165) is 23.4 Å². The van der Waals surface area contributed by atoms with Gasteiger partial charge in [0.2, 0.25) is 0 Å². The number of non-ortho nitro benzene ring substituents is 1. The van der Waals surface area contributed by atoms with Gasteiger partial charge in [-0.05, 0) is 30.0 Å². The number of methoxy groups -OCH3 is 1. The van der Waals surface area contributed by atoms with Crippen molar-refractivity contribution in [3.05, 3.63) is 74.8 Å². The van der Waals surface area contributed by atoms with Crippen LogP contribution in [-0.4, -0.2) is 12.0 Å². The second-order valence-corrected chi connectivity index (χ2v) is 6.77. The van der Waals surface area contributed by atoms with E-state index in [1.807, 2.05) is 12.1 Å². The molecule has 6 heteroatoms. The molecule has 2 aliphatic rings. The van der Waals surface area contributed by atoms with Gasteiger partial charge < -0.3 is 10.1 Å². The second kappa shape index (κ2) is 6.08. The third-order valence-electron chi connectivity index (χ3n) is 5.10. The quantitative estimate of drug-likeness (QED) is 0.473. The van der Waals surface area contributed by atoms with E-state index >= 15 is 0 Å². The Morgan fingerprint density at radius 3 is 2.88 bits per heavy atom. The molecular formula is C19H17ClN2O3. The molecule has 0 saturated heterocycles. The van der Waals surface area contributed by atoms with Crippen LogP contribution in [0.15, 0.2) is 48.6 Å². The SMILES string of the molecule is COc1cccc2c1NC(c1cc([N+](=O)[O-])ccc1Cl)C1CC=CC21. The standard InChI is InChI=1S/C19H17ClN2O3/c1-25-17-7-3-6-14-12-4-2-5-13(12)18(21-19(14)17)15-10-11(22(23)24)8-9-16(15)20/h2-4,6-10,12-13,18,21H,5H2,1H3. The van der Waals surface area contributed by atoms with E-state index in [-0.39, 0.29) is 28.5 Å². The average molecular weight is 357 g/mol. The molecule has 0 spiro atoms. The summed E-state index contributed by atoms with van der Waals surface area (Å²) in [5, 5.41) is 15.3. The lowest BCUT2D eigenvalue weighted by Crippen LogP contribution is -2.29. The lowest BCUT2D eigenvalue weighted by Gasteiger charge is -2.38. The highest BCUT2D eigenvalue weighted by molar-refractivity contribution is 6.31. The van der Waals surface area contributed by atoms with Crippen LogP contribution in [0.25, 0.3) is 0 Å². The second-order valence-electron chi connectivity index (χ2n) is 6.36. The van der Waals surface area contributed by atoms with Gasteiger partial charge in [-0.2, -0.15) is 0 Å². The highest BCUT2D eigenvalue weighted by Crippen LogP contribution is 2.53. The number of fused-ring (bicyclic) bond motifs is 3. The maximum atomic E-state index is 11.2. The van der Waals surface area contributed by atoms with Gasteiger partial charge in [0.1, 0.15) is 5.75 Å². The van der Waals surface area contributed by atoms with E-state index in [9.17, 15) is 10.1 Å². The molecule has 1 heterocycles. The molecule has 1 N–H and O–H groups in total. The Morgan fingerprint density at radius 1 is 1.28 bits per heavy atom. The van der Waals surface area contributed by atoms with Crippen molar-refractivity contribution in [3.8, 4) is 5.75 Å². The summed E-state index contributed by atoms with van der Waals surface area (Å²) in [5.41, 5.74) is 2.93. The zero-order valence-corrected chi connectivity index (χ0v) is 14.4. The predicted molar refractivity (Wildman–Crippen MR) is 97.5 cm³/mol. The van der Waals surface area contributed by atoms with Crippen LogP contribution in [0.2, 0.25) is 5.02 Å². The van der Waals surface area contributed by atoms with Gasteiger partial charge in [-0.15, -0.1) is 0 Å². The van der Waals surface area contributed by atoms with Crippen molar-refractivity contribution in [2.45, 2.75) is 18.4 Å². The number of anilines is 1. The number of para-hydroxylation sites is 1. The summed E-state index contributed by atoms with van der Waals surface area (Å²) in [4.78, 5) is 10.8. The number of nitrogens with one attached hydrogen (secondary N) is 1. The molecule has 0 aromatic heterocycles. The van der Waals surface area contributed by atoms with E-state index in [4.69, 9.17) is 16.3 Å². The van der Waals surface area contributed by atoms with Crippen molar-refractivity contribution in [2.75, 3.05) is 12.4 Å². The number of hydrogen-bond donors (Lipinski definition) is 1. The summed E-state index contributed by atoms with van der Waals surface area (Å²) in [7, 11) is 1.64. The largest absolute Gasteiger partial charge is 0.495 e. The molecule has 5 nitrogen and oxygen atoms in total. The Labute approximate surface area is 150 Å². The lowest BCUT2D eigenvalue weighted by molar-refractivity contribution is -0.384. The topological polar surface area (TPSA) is 64.4 Å². The van der Waals surface area contributed by atoms with Crippen LogP contribution in [0.3, 0.4) is 0 Å². The third-order valence-corrected chi connectivity index (χ3v) is 5.45. The first-order chi connectivity index (χ1) is 12.1. The summed E-state index contributed by atoms with van der Waals surface area (Å²) in [6.45, 7) is 0. The third kappa shape index (κ3) is 2.55. The monoisotopic (exact) mass is 356 g/mol. The molecule has 2 aromatic carbocycles. The molecule has 4 rings (SSSR count). The number of rotatable bonds is 3. The van der Waals surface area contributed by atoms with Crippen LogP contribution in [0.5, 0.6) is 5.75 Å². The maximum Gasteiger partial charge on any atom is 0.269 e. The lowest BCUT2D eigenvalue weighted by atomic mass is 9.77. The number of nitrogens with zero attached hydrogens (tertiary/aromatic N) is 1. The molecule has 0 saturated carbocycles. The van der Waals surface area contributed by atoms with E-state index in [1.165, 1.54) is 11.6 Å². The number of benzene rings is 2. The van der Waals surface area contributed by atoms with Gasteiger partial charge in [0.05, 0.1) is 23.8 Å². The van der Waals surface area contributed by atoms with Crippen molar-refractivity contribution < 1.29 is 9.66 Å². The van der Waals surface area contributed by atoms with Crippen molar-refractivity contribution in [1.82, 2.24) is 0 Å². The van der Waals surface area contributed by atoms with Crippen LogP contribution in [0, 0.1) is 16.0 Å². The Morgan fingerprint density at radius 2 is 2.12 bits per heavy atom. The van der Waals surface area contributed by atoms with E-state index in [1.54, 1.807) is 19.2 Å². The molecule has 25 heavy (non-hydrogen) atoms. The van der Waals surface area contributed by atoms with E-state index < -0.39 is 0 Å². The minimum absolute atomic E-state index is 0.0505. The highest BCUT2D eigenvalue weighted by Gasteiger charge is 2.40. The highest BCUT2D eigenvalue weighted by atomic mass is 35.5. The fraction of sp³-hybridized carbons (Fsp3) is 0.263. The number of allylic oxidation sites excluding steroid dienone is 2. The molecular weight excluding hydrogens is 340 g/mol. The first-order valence-corrected chi connectivity index (χ1v) is 8.52. The molecule has 3 unspecified atom stereocenters. The minimum Gasteiger partial charge on any atom is -0.495 e. The Bertz CT molecular complexity index is 881. The predicted octanol–water partition coefficient (Wildman–Crippen LogP) is 5.08. The first kappa shape index (κ1) is 16.0. The minimum atomic E-state index is -0.387. The number of ether oxygens (including phenoxy) is 1. The van der Waals surface area contributed by atoms with Crippen molar-refractivity contribution >= 4 is 23.0 Å². The summed E-state index contributed by atoms with van der Waals surface area (Å²) in [6, 6.07) is 10.5. The van der Waals surface area contributed by atoms with Gasteiger partial charge >= 0.3 is 0 Å². The number of nitro benzene ring substituents is 1. The van der Waals surface area contributed by atoms with Gasteiger partial charge in [0.15, 0.2) is 0 Å². The van der Waals surface area contributed by atoms with Crippen LogP contribution in [0.4, 0.5) is 11.4 Å². The summed E-state index contributed by atoms with van der Waals surface area (Å²) in [6.07, 6.45) is 5.28. The van der Waals surface area contributed by atoms with Crippen LogP contribution in [-0.2, 0) is 0 Å². The van der Waals surface area contributed by atoms with Crippen LogP contribution < -0.4 is 10.1 Å². The fourth-order valence-corrected chi connectivity index (χ4v) is 4.19. The normalized spacial score (nSPS) is 23.5. The zero-order valence-electron chi connectivity index (χ0n) is 13.6. The van der Waals surface area contributed by atoms with Gasteiger partial charge in [0, 0.05) is 28.6 Å². The zero-order chi connectivity index (χ0) is 17.6. The van der Waals surface area contributed by atoms with Crippen molar-refractivity contribution in [2.24, 2.45) is 5.92 Å². The van der Waals surface area contributed by atoms with Gasteiger partial charge in [-0.1, -0.05) is 35.9 Å². The van der Waals surface area contributed by atoms with E-state index in [0.29, 0.717) is 5.02 Å². The summed E-state index contributed by atoms with van der Waals surface area (Å²) in [5.74, 6) is 1.27. The summed E-state index contributed by atoms with van der Waals surface area (Å²) >= 11 is 6.41. The average Bonchev–Trinajstić information content (AvgIpc) is 3.11. The molecule has 0 radical (unpaired) electrons. The molecule has 0 fully saturated rings. The molecule has 2 aromatic rings. The molecule has 128 valence electrons. The van der Waals surface area contributed by atoms with Gasteiger partial charge in [-0.25, -0.2) is 0 Å². The van der Waals surface area contributed by atoms with Crippen molar-refractivity contribution in [1.29, 1.82) is 0 Å². The Balaban J connectivity index is 1.84.